The number of carboxylic acid groups (broad SMARTS) is 1. The molecule has 3 atom stereocenters. The molecule has 0 saturated heterocycles. The summed E-state index contributed by atoms with van der Waals surface area (Å²) in [5.74, 6) is 0.207. The van der Waals surface area contributed by atoms with Gasteiger partial charge in [0, 0.05) is 16.3 Å². The minimum Gasteiger partial charge on any atom is -0.481 e. The second kappa shape index (κ2) is 5.13. The molecule has 4 heteroatoms. The van der Waals surface area contributed by atoms with E-state index >= 15 is 0 Å². The molecular formula is C16H17ClO3. The van der Waals surface area contributed by atoms with Crippen LogP contribution in [-0.2, 0) is 4.79 Å². The van der Waals surface area contributed by atoms with Crippen LogP contribution in [0.15, 0.2) is 28.7 Å². The van der Waals surface area contributed by atoms with Crippen molar-refractivity contribution < 1.29 is 14.3 Å². The van der Waals surface area contributed by atoms with Gasteiger partial charge in [-0.25, -0.2) is 0 Å². The van der Waals surface area contributed by atoms with E-state index in [1.807, 2.05) is 18.2 Å². The Hall–Kier alpha value is -1.48. The molecule has 1 N–H and O–H groups in total. The Kier molecular flexibility index (Phi) is 3.47. The zero-order valence-corrected chi connectivity index (χ0v) is 12.1. The molecule has 3 nitrogen and oxygen atoms in total. The van der Waals surface area contributed by atoms with Crippen molar-refractivity contribution in [3.05, 3.63) is 35.0 Å². The van der Waals surface area contributed by atoms with Crippen LogP contribution in [0.4, 0.5) is 0 Å². The van der Waals surface area contributed by atoms with E-state index in [1.54, 1.807) is 6.07 Å². The topological polar surface area (TPSA) is 50.4 Å². The summed E-state index contributed by atoms with van der Waals surface area (Å²) < 4.78 is 5.87. The standard InChI is InChI=1S/C16H17ClO3/c1-9-2-4-12(16(18)19)13(6-9)15-8-10-7-11(17)3-5-14(10)20-15/h3,5,7-9,12-13H,2,4,6H2,1H3,(H,18,19). The number of aliphatic carboxylic acids is 1. The van der Waals surface area contributed by atoms with E-state index in [2.05, 4.69) is 6.92 Å². The highest BCUT2D eigenvalue weighted by molar-refractivity contribution is 6.31. The fourth-order valence-electron chi connectivity index (χ4n) is 3.21. The van der Waals surface area contributed by atoms with E-state index in [0.29, 0.717) is 10.9 Å². The predicted molar refractivity (Wildman–Crippen MR) is 78.1 cm³/mol. The Balaban J connectivity index is 2.00. The van der Waals surface area contributed by atoms with Gasteiger partial charge < -0.3 is 9.52 Å². The van der Waals surface area contributed by atoms with Crippen LogP contribution in [0.5, 0.6) is 0 Å². The molecule has 20 heavy (non-hydrogen) atoms. The van der Waals surface area contributed by atoms with E-state index < -0.39 is 5.97 Å². The summed E-state index contributed by atoms with van der Waals surface area (Å²) in [6, 6.07) is 7.42. The van der Waals surface area contributed by atoms with Gasteiger partial charge in [-0.2, -0.15) is 0 Å². The van der Waals surface area contributed by atoms with E-state index in [0.717, 1.165) is 36.0 Å². The van der Waals surface area contributed by atoms with Crippen LogP contribution in [-0.4, -0.2) is 11.1 Å². The van der Waals surface area contributed by atoms with Gasteiger partial charge in [0.2, 0.25) is 0 Å². The number of halogens is 1. The maximum Gasteiger partial charge on any atom is 0.307 e. The van der Waals surface area contributed by atoms with Gasteiger partial charge in [-0.15, -0.1) is 0 Å². The number of carboxylic acids is 1. The summed E-state index contributed by atoms with van der Waals surface area (Å²) in [6.45, 7) is 2.17. The van der Waals surface area contributed by atoms with Crippen LogP contribution in [0.1, 0.15) is 37.9 Å². The van der Waals surface area contributed by atoms with Gasteiger partial charge >= 0.3 is 5.97 Å². The minimum atomic E-state index is -0.722. The first-order chi connectivity index (χ1) is 9.54. The maximum atomic E-state index is 11.5. The van der Waals surface area contributed by atoms with Crippen molar-refractivity contribution in [2.24, 2.45) is 11.8 Å². The van der Waals surface area contributed by atoms with Gasteiger partial charge in [0.25, 0.3) is 0 Å². The average Bonchev–Trinajstić information content (AvgIpc) is 2.81. The third-order valence-electron chi connectivity index (χ3n) is 4.29. The zero-order valence-electron chi connectivity index (χ0n) is 11.3. The minimum absolute atomic E-state index is 0.0394. The molecule has 0 bridgehead atoms. The fourth-order valence-corrected chi connectivity index (χ4v) is 3.39. The maximum absolute atomic E-state index is 11.5. The molecule has 1 aliphatic carbocycles. The quantitative estimate of drug-likeness (QED) is 0.873. The highest BCUT2D eigenvalue weighted by atomic mass is 35.5. The van der Waals surface area contributed by atoms with Gasteiger partial charge in [-0.3, -0.25) is 4.79 Å². The highest BCUT2D eigenvalue weighted by Crippen LogP contribution is 2.42. The molecule has 0 spiro atoms. The lowest BCUT2D eigenvalue weighted by molar-refractivity contribution is -0.144. The van der Waals surface area contributed by atoms with Crippen molar-refractivity contribution in [2.45, 2.75) is 32.1 Å². The summed E-state index contributed by atoms with van der Waals surface area (Å²) in [5.41, 5.74) is 0.770. The van der Waals surface area contributed by atoms with E-state index in [-0.39, 0.29) is 11.8 Å². The van der Waals surface area contributed by atoms with Crippen molar-refractivity contribution in [2.75, 3.05) is 0 Å². The van der Waals surface area contributed by atoms with Crippen molar-refractivity contribution >= 4 is 28.5 Å². The van der Waals surface area contributed by atoms with Crippen molar-refractivity contribution in [3.8, 4) is 0 Å². The number of carbonyl (C=O) groups is 1. The molecule has 1 heterocycles. The molecule has 0 radical (unpaired) electrons. The van der Waals surface area contributed by atoms with Crippen LogP contribution < -0.4 is 0 Å². The Labute approximate surface area is 122 Å². The predicted octanol–water partition coefficient (Wildman–Crippen LogP) is 4.69. The van der Waals surface area contributed by atoms with Crippen LogP contribution in [0.25, 0.3) is 11.0 Å². The molecule has 3 rings (SSSR count). The summed E-state index contributed by atoms with van der Waals surface area (Å²) in [6.07, 6.45) is 2.56. The number of furan rings is 1. The van der Waals surface area contributed by atoms with Gasteiger partial charge in [0.1, 0.15) is 11.3 Å². The Morgan fingerprint density at radius 1 is 1.35 bits per heavy atom. The van der Waals surface area contributed by atoms with Crippen LogP contribution >= 0.6 is 11.6 Å². The van der Waals surface area contributed by atoms with E-state index in [4.69, 9.17) is 16.0 Å². The monoisotopic (exact) mass is 292 g/mol. The number of hydrogen-bond donors (Lipinski definition) is 1. The van der Waals surface area contributed by atoms with Crippen molar-refractivity contribution in [1.82, 2.24) is 0 Å². The van der Waals surface area contributed by atoms with Crippen LogP contribution in [0.2, 0.25) is 5.02 Å². The smallest absolute Gasteiger partial charge is 0.307 e. The second-order valence-corrected chi connectivity index (χ2v) is 6.24. The first-order valence-electron chi connectivity index (χ1n) is 6.96. The fraction of sp³-hybridized carbons (Fsp3) is 0.438. The molecule has 2 aromatic rings. The van der Waals surface area contributed by atoms with Crippen molar-refractivity contribution in [3.63, 3.8) is 0 Å². The molecule has 1 fully saturated rings. The summed E-state index contributed by atoms with van der Waals surface area (Å²) in [4.78, 5) is 11.5. The normalized spacial score (nSPS) is 26.8. The third-order valence-corrected chi connectivity index (χ3v) is 4.53. The van der Waals surface area contributed by atoms with Gasteiger partial charge in [-0.1, -0.05) is 18.5 Å². The third kappa shape index (κ3) is 2.42. The molecular weight excluding hydrogens is 276 g/mol. The molecule has 3 unspecified atom stereocenters. The SMILES string of the molecule is CC1CCC(C(=O)O)C(c2cc3cc(Cl)ccc3o2)C1. The van der Waals surface area contributed by atoms with Crippen molar-refractivity contribution in [1.29, 1.82) is 0 Å². The average molecular weight is 293 g/mol. The molecule has 0 amide bonds. The van der Waals surface area contributed by atoms with Crippen LogP contribution in [0, 0.1) is 11.8 Å². The summed E-state index contributed by atoms with van der Waals surface area (Å²) >= 11 is 5.98. The lowest BCUT2D eigenvalue weighted by Gasteiger charge is -2.30. The molecule has 1 aromatic carbocycles. The number of benzene rings is 1. The number of fused-ring (bicyclic) bond motifs is 1. The Morgan fingerprint density at radius 2 is 2.15 bits per heavy atom. The van der Waals surface area contributed by atoms with Gasteiger partial charge in [-0.05, 0) is 49.4 Å². The lowest BCUT2D eigenvalue weighted by atomic mass is 9.73. The molecule has 1 saturated carbocycles. The van der Waals surface area contributed by atoms with Crippen LogP contribution in [0.3, 0.4) is 0 Å². The number of hydrogen-bond acceptors (Lipinski definition) is 2. The van der Waals surface area contributed by atoms with Gasteiger partial charge in [0.15, 0.2) is 0 Å². The summed E-state index contributed by atoms with van der Waals surface area (Å²) in [5, 5.41) is 11.0. The van der Waals surface area contributed by atoms with E-state index in [1.165, 1.54) is 0 Å². The molecule has 0 aliphatic heterocycles. The molecule has 1 aliphatic rings. The lowest BCUT2D eigenvalue weighted by Crippen LogP contribution is -2.28. The second-order valence-electron chi connectivity index (χ2n) is 5.80. The first-order valence-corrected chi connectivity index (χ1v) is 7.34. The van der Waals surface area contributed by atoms with Gasteiger partial charge in [0.05, 0.1) is 5.92 Å². The zero-order chi connectivity index (χ0) is 14.3. The van der Waals surface area contributed by atoms with E-state index in [9.17, 15) is 9.90 Å². The Bertz CT molecular complexity index is 646. The molecule has 1 aromatic heterocycles. The Morgan fingerprint density at radius 3 is 2.90 bits per heavy atom. The number of rotatable bonds is 2. The summed E-state index contributed by atoms with van der Waals surface area (Å²) in [7, 11) is 0. The highest BCUT2D eigenvalue weighted by Gasteiger charge is 2.36. The largest absolute Gasteiger partial charge is 0.481 e. The molecule has 106 valence electrons. The first kappa shape index (κ1) is 13.5.